The number of carbonyl (C=O) groups excluding carboxylic acids is 1. The summed E-state index contributed by atoms with van der Waals surface area (Å²) in [7, 11) is 2.93. The van der Waals surface area contributed by atoms with E-state index in [1.807, 2.05) is 0 Å². The van der Waals surface area contributed by atoms with Crippen LogP contribution in [-0.2, 0) is 9.47 Å². The predicted molar refractivity (Wildman–Crippen MR) is 54.3 cm³/mol. The smallest absolute Gasteiger partial charge is 0.251 e. The van der Waals surface area contributed by atoms with E-state index in [1.165, 1.54) is 26.5 Å². The van der Waals surface area contributed by atoms with Crippen molar-refractivity contribution in [2.45, 2.75) is 6.29 Å². The van der Waals surface area contributed by atoms with Crippen LogP contribution in [0.25, 0.3) is 0 Å². The summed E-state index contributed by atoms with van der Waals surface area (Å²) in [5.41, 5.74) is 0.207. The molecule has 1 aromatic heterocycles. The van der Waals surface area contributed by atoms with Gasteiger partial charge in [0.25, 0.3) is 5.91 Å². The van der Waals surface area contributed by atoms with Crippen LogP contribution in [0, 0.1) is 5.95 Å². The van der Waals surface area contributed by atoms with Crippen molar-refractivity contribution in [1.29, 1.82) is 0 Å². The first kappa shape index (κ1) is 12.5. The van der Waals surface area contributed by atoms with Gasteiger partial charge in [-0.15, -0.1) is 0 Å². The molecule has 1 heterocycles. The number of methoxy groups -OCH3 is 2. The summed E-state index contributed by atoms with van der Waals surface area (Å²) >= 11 is 0. The second-order valence-corrected chi connectivity index (χ2v) is 2.98. The zero-order valence-electron chi connectivity index (χ0n) is 9.07. The Kier molecular flexibility index (Phi) is 4.81. The first-order valence-corrected chi connectivity index (χ1v) is 4.62. The number of amides is 1. The van der Waals surface area contributed by atoms with Gasteiger partial charge < -0.3 is 14.8 Å². The minimum atomic E-state index is -0.692. The number of hydrogen-bond acceptors (Lipinski definition) is 4. The fourth-order valence-electron chi connectivity index (χ4n) is 1.08. The number of aromatic nitrogens is 1. The Labute approximate surface area is 92.6 Å². The van der Waals surface area contributed by atoms with Gasteiger partial charge in [0.05, 0.1) is 6.54 Å². The van der Waals surface area contributed by atoms with E-state index in [0.29, 0.717) is 0 Å². The second-order valence-electron chi connectivity index (χ2n) is 2.98. The SMILES string of the molecule is COC(CNC(=O)c1ccnc(F)c1)OC. The average molecular weight is 228 g/mol. The highest BCUT2D eigenvalue weighted by Gasteiger charge is 2.10. The van der Waals surface area contributed by atoms with E-state index < -0.39 is 18.1 Å². The topological polar surface area (TPSA) is 60.5 Å². The maximum Gasteiger partial charge on any atom is 0.251 e. The quantitative estimate of drug-likeness (QED) is 0.591. The van der Waals surface area contributed by atoms with Crippen LogP contribution in [0.15, 0.2) is 18.3 Å². The lowest BCUT2D eigenvalue weighted by Crippen LogP contribution is -2.34. The van der Waals surface area contributed by atoms with E-state index in [-0.39, 0.29) is 12.1 Å². The summed E-state index contributed by atoms with van der Waals surface area (Å²) in [6, 6.07) is 2.48. The summed E-state index contributed by atoms with van der Waals surface area (Å²) < 4.78 is 22.5. The van der Waals surface area contributed by atoms with Crippen molar-refractivity contribution in [3.63, 3.8) is 0 Å². The van der Waals surface area contributed by atoms with Gasteiger partial charge in [0.15, 0.2) is 6.29 Å². The monoisotopic (exact) mass is 228 g/mol. The number of ether oxygens (including phenoxy) is 2. The van der Waals surface area contributed by atoms with E-state index in [9.17, 15) is 9.18 Å². The van der Waals surface area contributed by atoms with Gasteiger partial charge in [-0.3, -0.25) is 4.79 Å². The molecule has 0 aliphatic carbocycles. The molecule has 0 saturated carbocycles. The van der Waals surface area contributed by atoms with Crippen molar-refractivity contribution in [2.75, 3.05) is 20.8 Å². The third-order valence-electron chi connectivity index (χ3n) is 1.94. The van der Waals surface area contributed by atoms with Crippen LogP contribution in [0.5, 0.6) is 0 Å². The van der Waals surface area contributed by atoms with Crippen molar-refractivity contribution in [1.82, 2.24) is 10.3 Å². The normalized spacial score (nSPS) is 10.5. The number of rotatable bonds is 5. The molecule has 0 aromatic carbocycles. The minimum Gasteiger partial charge on any atom is -0.354 e. The van der Waals surface area contributed by atoms with Gasteiger partial charge in [0, 0.05) is 32.0 Å². The van der Waals surface area contributed by atoms with E-state index >= 15 is 0 Å². The second kappa shape index (κ2) is 6.14. The maximum absolute atomic E-state index is 12.7. The predicted octanol–water partition coefficient (Wildman–Crippen LogP) is 0.569. The molecule has 0 saturated heterocycles. The van der Waals surface area contributed by atoms with Crippen LogP contribution < -0.4 is 5.32 Å². The fourth-order valence-corrected chi connectivity index (χ4v) is 1.08. The summed E-state index contributed by atoms with van der Waals surface area (Å²) in [5, 5.41) is 2.54. The molecule has 1 aromatic rings. The summed E-state index contributed by atoms with van der Waals surface area (Å²) in [6.45, 7) is 0.190. The molecule has 0 unspecified atom stereocenters. The van der Waals surface area contributed by atoms with Crippen molar-refractivity contribution < 1.29 is 18.7 Å². The van der Waals surface area contributed by atoms with Crippen LogP contribution in [0.3, 0.4) is 0 Å². The van der Waals surface area contributed by atoms with Gasteiger partial charge >= 0.3 is 0 Å². The van der Waals surface area contributed by atoms with Crippen LogP contribution in [0.2, 0.25) is 0 Å². The average Bonchev–Trinajstić information content (AvgIpc) is 2.30. The molecule has 1 amide bonds. The Morgan fingerprint density at radius 2 is 2.25 bits per heavy atom. The van der Waals surface area contributed by atoms with Gasteiger partial charge in [-0.25, -0.2) is 4.98 Å². The highest BCUT2D eigenvalue weighted by Crippen LogP contribution is 2.00. The molecule has 6 heteroatoms. The van der Waals surface area contributed by atoms with Gasteiger partial charge in [0.2, 0.25) is 5.95 Å². The highest BCUT2D eigenvalue weighted by atomic mass is 19.1. The summed E-state index contributed by atoms with van der Waals surface area (Å²) in [5.74, 6) is -1.09. The fraction of sp³-hybridized carbons (Fsp3) is 0.400. The molecule has 5 nitrogen and oxygen atoms in total. The van der Waals surface area contributed by atoms with Crippen LogP contribution in [0.4, 0.5) is 4.39 Å². The molecule has 0 radical (unpaired) electrons. The lowest BCUT2D eigenvalue weighted by Gasteiger charge is -2.13. The molecule has 1 rings (SSSR count). The van der Waals surface area contributed by atoms with Crippen LogP contribution in [0.1, 0.15) is 10.4 Å². The minimum absolute atomic E-state index is 0.190. The number of halogens is 1. The molecular weight excluding hydrogens is 215 g/mol. The molecule has 0 spiro atoms. The lowest BCUT2D eigenvalue weighted by molar-refractivity contribution is -0.0974. The Hall–Kier alpha value is -1.53. The third-order valence-corrected chi connectivity index (χ3v) is 1.94. The van der Waals surface area contributed by atoms with Crippen LogP contribution >= 0.6 is 0 Å². The lowest BCUT2D eigenvalue weighted by atomic mass is 10.2. The number of carbonyl (C=O) groups is 1. The molecule has 88 valence electrons. The molecular formula is C10H13FN2O3. The standard InChI is InChI=1S/C10H13FN2O3/c1-15-9(16-2)6-13-10(14)7-3-4-12-8(11)5-7/h3-5,9H,6H2,1-2H3,(H,13,14). The zero-order chi connectivity index (χ0) is 12.0. The van der Waals surface area contributed by atoms with Gasteiger partial charge in [0.1, 0.15) is 0 Å². The van der Waals surface area contributed by atoms with Crippen molar-refractivity contribution in [3.8, 4) is 0 Å². The maximum atomic E-state index is 12.7. The van der Waals surface area contributed by atoms with E-state index in [2.05, 4.69) is 10.3 Å². The Morgan fingerprint density at radius 1 is 1.56 bits per heavy atom. The number of nitrogens with one attached hydrogen (secondary N) is 1. The third kappa shape index (κ3) is 3.56. The number of pyridine rings is 1. The Morgan fingerprint density at radius 3 is 2.81 bits per heavy atom. The number of hydrogen-bond donors (Lipinski definition) is 1. The number of nitrogens with zero attached hydrogens (tertiary/aromatic N) is 1. The van der Waals surface area contributed by atoms with E-state index in [0.717, 1.165) is 6.07 Å². The summed E-state index contributed by atoms with van der Waals surface area (Å²) in [6.07, 6.45) is 0.713. The molecule has 0 aliphatic rings. The molecule has 16 heavy (non-hydrogen) atoms. The molecule has 1 N–H and O–H groups in total. The molecule has 0 atom stereocenters. The van der Waals surface area contributed by atoms with Gasteiger partial charge in [-0.1, -0.05) is 0 Å². The molecule has 0 fully saturated rings. The van der Waals surface area contributed by atoms with E-state index in [4.69, 9.17) is 9.47 Å². The highest BCUT2D eigenvalue weighted by molar-refractivity contribution is 5.93. The molecule has 0 bridgehead atoms. The van der Waals surface area contributed by atoms with Gasteiger partial charge in [-0.2, -0.15) is 4.39 Å². The zero-order valence-corrected chi connectivity index (χ0v) is 9.07. The van der Waals surface area contributed by atoms with Gasteiger partial charge in [-0.05, 0) is 6.07 Å². The molecule has 0 aliphatic heterocycles. The largest absolute Gasteiger partial charge is 0.354 e. The van der Waals surface area contributed by atoms with E-state index in [1.54, 1.807) is 0 Å². The Balaban J connectivity index is 2.52. The first-order valence-electron chi connectivity index (χ1n) is 4.62. The first-order chi connectivity index (χ1) is 7.67. The van der Waals surface area contributed by atoms with Crippen molar-refractivity contribution >= 4 is 5.91 Å². The van der Waals surface area contributed by atoms with Crippen molar-refractivity contribution in [2.24, 2.45) is 0 Å². The van der Waals surface area contributed by atoms with Crippen molar-refractivity contribution in [3.05, 3.63) is 29.8 Å². The Bertz CT molecular complexity index is 356. The summed E-state index contributed by atoms with van der Waals surface area (Å²) in [4.78, 5) is 14.9. The van der Waals surface area contributed by atoms with Crippen LogP contribution in [-0.4, -0.2) is 37.9 Å².